The first-order chi connectivity index (χ1) is 24.3. The zero-order valence-corrected chi connectivity index (χ0v) is 36.1. The van der Waals surface area contributed by atoms with Crippen molar-refractivity contribution in [3.8, 4) is 34.2 Å². The standard InChI is InChI=1S/C25H23N2O2S.C18H16FN2.2Ir/c1-17-8-10-22(11-9-17)30(28,29)23-7-5-6-21(16-23)25-26-12-13-27(25)24-19(3)14-18(2)15-20(24)4;1-12-10-13(2)17(14(3)11-12)21-9-8-20-18(21)15-4-6-16(19)7-5-15;;/h5,7-16H,1-4H3;4,6-11H,1-3H3;;/q2*-1;;. The zero-order chi connectivity index (χ0) is 36.4. The molecule has 0 bridgehead atoms. The summed E-state index contributed by atoms with van der Waals surface area (Å²) in [5.74, 6) is 1.13. The van der Waals surface area contributed by atoms with Crippen LogP contribution in [0, 0.1) is 66.4 Å². The van der Waals surface area contributed by atoms with Crippen LogP contribution in [-0.2, 0) is 50.0 Å². The fraction of sp³-hybridized carbons (Fsp3) is 0.163. The number of aromatic nitrogens is 4. The van der Waals surface area contributed by atoms with Gasteiger partial charge in [0.25, 0.3) is 0 Å². The van der Waals surface area contributed by atoms with Crippen LogP contribution in [0.15, 0.2) is 120 Å². The minimum atomic E-state index is -3.63. The Morgan fingerprint density at radius 1 is 0.566 bits per heavy atom. The second kappa shape index (κ2) is 17.2. The SMILES string of the molecule is Cc1cc(C)c(-n2ccnc2-c2[c-]cc(F)cc2)c(C)c1.Cc1ccc(S(=O)(=O)c2cc[c-]c(-c3nccn3-c3c(C)cc(C)cc3C)c2)cc1.[Ir].[Ir]. The Balaban J connectivity index is 0.000000241. The normalized spacial score (nSPS) is 10.9. The maximum absolute atomic E-state index is 13.1. The third-order valence-corrected chi connectivity index (χ3v) is 10.5. The molecule has 2 radical (unpaired) electrons. The first-order valence-corrected chi connectivity index (χ1v) is 18.1. The van der Waals surface area contributed by atoms with Gasteiger partial charge in [-0.1, -0.05) is 53.1 Å². The molecular weight excluding hydrogens is 1040 g/mol. The van der Waals surface area contributed by atoms with Gasteiger partial charge in [-0.2, -0.15) is 0 Å². The maximum atomic E-state index is 13.1. The van der Waals surface area contributed by atoms with Gasteiger partial charge in [0.15, 0.2) is 9.84 Å². The van der Waals surface area contributed by atoms with Gasteiger partial charge in [0.05, 0.1) is 16.5 Å². The number of hydrogen-bond donors (Lipinski definition) is 0. The van der Waals surface area contributed by atoms with Crippen LogP contribution in [-0.4, -0.2) is 27.5 Å². The van der Waals surface area contributed by atoms with E-state index in [-0.39, 0.29) is 55.8 Å². The molecule has 0 fully saturated rings. The molecule has 0 aliphatic heterocycles. The van der Waals surface area contributed by atoms with Crippen LogP contribution >= 0.6 is 0 Å². The van der Waals surface area contributed by atoms with Crippen LogP contribution in [0.2, 0.25) is 0 Å². The second-order valence-electron chi connectivity index (χ2n) is 12.9. The van der Waals surface area contributed by atoms with Crippen molar-refractivity contribution in [1.29, 1.82) is 0 Å². The molecule has 10 heteroatoms. The number of hydrogen-bond acceptors (Lipinski definition) is 4. The number of halogens is 1. The number of sulfone groups is 1. The van der Waals surface area contributed by atoms with Crippen molar-refractivity contribution in [2.45, 2.75) is 58.3 Å². The van der Waals surface area contributed by atoms with Crippen LogP contribution in [0.1, 0.15) is 38.9 Å². The van der Waals surface area contributed by atoms with Crippen molar-refractivity contribution in [3.63, 3.8) is 0 Å². The predicted molar refractivity (Wildman–Crippen MR) is 201 cm³/mol. The quantitative estimate of drug-likeness (QED) is 0.156. The summed E-state index contributed by atoms with van der Waals surface area (Å²) in [6.45, 7) is 14.4. The summed E-state index contributed by atoms with van der Waals surface area (Å²) in [5, 5.41) is 0. The number of imidazole rings is 2. The Morgan fingerprint density at radius 2 is 1.06 bits per heavy atom. The van der Waals surface area contributed by atoms with E-state index in [1.807, 2.05) is 28.5 Å². The van der Waals surface area contributed by atoms with E-state index in [9.17, 15) is 12.8 Å². The fourth-order valence-corrected chi connectivity index (χ4v) is 7.90. The van der Waals surface area contributed by atoms with Crippen LogP contribution in [0.5, 0.6) is 0 Å². The molecular formula is C43H39FIr2N4O2S-2. The molecule has 0 unspecified atom stereocenters. The van der Waals surface area contributed by atoms with Crippen LogP contribution in [0.4, 0.5) is 4.39 Å². The topological polar surface area (TPSA) is 69.8 Å². The van der Waals surface area contributed by atoms with E-state index < -0.39 is 9.84 Å². The van der Waals surface area contributed by atoms with E-state index in [1.165, 1.54) is 34.4 Å². The summed E-state index contributed by atoms with van der Waals surface area (Å²) in [6, 6.07) is 30.9. The van der Waals surface area contributed by atoms with E-state index in [2.05, 4.69) is 87.9 Å². The van der Waals surface area contributed by atoms with Crippen LogP contribution < -0.4 is 0 Å². The molecule has 0 aliphatic carbocycles. The molecule has 276 valence electrons. The summed E-state index contributed by atoms with van der Waals surface area (Å²) >= 11 is 0. The molecule has 7 rings (SSSR count). The number of nitrogens with zero attached hydrogens (tertiary/aromatic N) is 4. The van der Waals surface area contributed by atoms with E-state index in [1.54, 1.807) is 60.9 Å². The molecule has 0 spiro atoms. The van der Waals surface area contributed by atoms with Crippen molar-refractivity contribution >= 4 is 9.84 Å². The Kier molecular flexibility index (Phi) is 13.5. The van der Waals surface area contributed by atoms with E-state index in [4.69, 9.17) is 0 Å². The van der Waals surface area contributed by atoms with Gasteiger partial charge in [-0.25, -0.2) is 8.42 Å². The first kappa shape index (κ1) is 41.5. The summed E-state index contributed by atoms with van der Waals surface area (Å²) in [7, 11) is -3.63. The van der Waals surface area contributed by atoms with Crippen molar-refractivity contribution < 1.29 is 53.0 Å². The third kappa shape index (κ3) is 8.92. The Bertz CT molecular complexity index is 2430. The van der Waals surface area contributed by atoms with E-state index >= 15 is 0 Å². The van der Waals surface area contributed by atoms with Crippen molar-refractivity contribution in [1.82, 2.24) is 19.1 Å². The molecule has 5 aromatic carbocycles. The molecule has 6 nitrogen and oxygen atoms in total. The van der Waals surface area contributed by atoms with E-state index in [0.717, 1.165) is 39.5 Å². The second-order valence-corrected chi connectivity index (χ2v) is 14.9. The van der Waals surface area contributed by atoms with Crippen molar-refractivity contribution in [2.24, 2.45) is 0 Å². The molecule has 0 saturated heterocycles. The first-order valence-electron chi connectivity index (χ1n) is 16.6. The zero-order valence-electron chi connectivity index (χ0n) is 30.5. The van der Waals surface area contributed by atoms with Gasteiger partial charge < -0.3 is 9.13 Å². The van der Waals surface area contributed by atoms with Crippen LogP contribution in [0.25, 0.3) is 34.2 Å². The number of rotatable bonds is 6. The average Bonchev–Trinajstić information content (AvgIpc) is 3.76. The molecule has 0 atom stereocenters. The van der Waals surface area contributed by atoms with Gasteiger partial charge in [0, 0.05) is 82.2 Å². The molecule has 0 saturated carbocycles. The fourth-order valence-electron chi connectivity index (χ4n) is 6.61. The van der Waals surface area contributed by atoms with Crippen molar-refractivity contribution in [2.75, 3.05) is 0 Å². The van der Waals surface area contributed by atoms with Gasteiger partial charge in [0.2, 0.25) is 0 Å². The van der Waals surface area contributed by atoms with Gasteiger partial charge in [-0.3, -0.25) is 14.4 Å². The van der Waals surface area contributed by atoms with Gasteiger partial charge >= 0.3 is 0 Å². The minimum Gasteiger partial charge on any atom is -0.340 e. The molecule has 0 aliphatic rings. The van der Waals surface area contributed by atoms with E-state index in [0.29, 0.717) is 11.4 Å². The molecule has 0 N–H and O–H groups in total. The number of benzene rings is 5. The molecule has 53 heavy (non-hydrogen) atoms. The van der Waals surface area contributed by atoms with Gasteiger partial charge in [-0.15, -0.1) is 59.7 Å². The Hall–Kier alpha value is -4.30. The summed E-state index contributed by atoms with van der Waals surface area (Å²) in [5.41, 5.74) is 11.7. The maximum Gasteiger partial charge on any atom is 0.189 e. The largest absolute Gasteiger partial charge is 0.340 e. The molecule has 2 aromatic heterocycles. The molecule has 7 aromatic rings. The van der Waals surface area contributed by atoms with Crippen molar-refractivity contribution in [3.05, 3.63) is 167 Å². The third-order valence-electron chi connectivity index (χ3n) is 8.71. The van der Waals surface area contributed by atoms with Crippen LogP contribution in [0.3, 0.4) is 0 Å². The average molecular weight is 1080 g/mol. The Labute approximate surface area is 338 Å². The summed E-state index contributed by atoms with van der Waals surface area (Å²) in [4.78, 5) is 9.42. The summed E-state index contributed by atoms with van der Waals surface area (Å²) in [6.07, 6.45) is 7.31. The molecule has 0 amide bonds. The predicted octanol–water partition coefficient (Wildman–Crippen LogP) is 9.80. The number of aryl methyl sites for hydroxylation is 7. The van der Waals surface area contributed by atoms with Gasteiger partial charge in [-0.05, 0) is 87.7 Å². The molecule has 2 heterocycles. The minimum absolute atomic E-state index is 0. The summed E-state index contributed by atoms with van der Waals surface area (Å²) < 4.78 is 43.4. The van der Waals surface area contributed by atoms with Gasteiger partial charge in [0.1, 0.15) is 0 Å². The Morgan fingerprint density at radius 3 is 1.53 bits per heavy atom. The monoisotopic (exact) mass is 1080 g/mol. The smallest absolute Gasteiger partial charge is 0.189 e.